The molecule has 0 fully saturated rings. The number of nitrogens with one attached hydrogen (secondary N) is 1. The summed E-state index contributed by atoms with van der Waals surface area (Å²) in [4.78, 5) is 12.8. The first-order chi connectivity index (χ1) is 20.6. The molecule has 0 saturated carbocycles. The Balaban J connectivity index is 1.17. The molecule has 9 nitrogen and oxygen atoms in total. The molecule has 1 aliphatic rings. The molecule has 42 heavy (non-hydrogen) atoms. The van der Waals surface area contributed by atoms with Gasteiger partial charge in [-0.05, 0) is 59.7 Å². The van der Waals surface area contributed by atoms with Gasteiger partial charge in [-0.1, -0.05) is 54.2 Å². The van der Waals surface area contributed by atoms with E-state index in [1.807, 2.05) is 95.6 Å². The normalized spacial score (nSPS) is 11.8. The molecular weight excluding hydrogens is 552 g/mol. The van der Waals surface area contributed by atoms with Crippen LogP contribution in [-0.4, -0.2) is 41.7 Å². The zero-order valence-electron chi connectivity index (χ0n) is 23.1. The smallest absolute Gasteiger partial charge is 0.251 e. The Kier molecular flexibility index (Phi) is 7.96. The van der Waals surface area contributed by atoms with Crippen molar-refractivity contribution < 1.29 is 23.7 Å². The van der Waals surface area contributed by atoms with Crippen molar-refractivity contribution in [3.63, 3.8) is 0 Å². The highest BCUT2D eigenvalue weighted by atomic mass is 32.2. The SMILES string of the molecule is COc1cccc(-c2nnc(SCc3ccc(C(=O)NCc4ccc5c(c4)OCO5)cc3)n2-c2ccccc2OC)c1. The number of benzene rings is 4. The largest absolute Gasteiger partial charge is 0.497 e. The van der Waals surface area contributed by atoms with Crippen LogP contribution in [0.15, 0.2) is 96.2 Å². The Hall–Kier alpha value is -4.96. The monoisotopic (exact) mass is 580 g/mol. The lowest BCUT2D eigenvalue weighted by molar-refractivity contribution is 0.0951. The molecule has 1 amide bonds. The summed E-state index contributed by atoms with van der Waals surface area (Å²) in [5, 5.41) is 12.7. The van der Waals surface area contributed by atoms with Gasteiger partial charge in [0.05, 0.1) is 19.9 Å². The van der Waals surface area contributed by atoms with Crippen molar-refractivity contribution in [1.82, 2.24) is 20.1 Å². The van der Waals surface area contributed by atoms with Gasteiger partial charge < -0.3 is 24.3 Å². The fourth-order valence-electron chi connectivity index (χ4n) is 4.58. The number of fused-ring (bicyclic) bond motifs is 1. The number of methoxy groups -OCH3 is 2. The first-order valence-corrected chi connectivity index (χ1v) is 14.2. The third kappa shape index (κ3) is 5.75. The molecule has 0 unspecified atom stereocenters. The average Bonchev–Trinajstić information content (AvgIpc) is 3.70. The van der Waals surface area contributed by atoms with Crippen LogP contribution in [0.1, 0.15) is 21.5 Å². The van der Waals surface area contributed by atoms with Crippen LogP contribution in [0.5, 0.6) is 23.0 Å². The van der Waals surface area contributed by atoms with E-state index in [1.165, 1.54) is 0 Å². The third-order valence-electron chi connectivity index (χ3n) is 6.76. The quantitative estimate of drug-likeness (QED) is 0.204. The standard InChI is InChI=1S/C32H28N4O5S/c1-38-25-7-5-6-24(17-25)30-34-35-32(36(30)26-8-3-4-9-27(26)39-2)42-19-21-10-13-23(14-11-21)31(37)33-18-22-12-15-28-29(16-22)41-20-40-28/h3-17H,18-20H2,1-2H3,(H,33,37). The predicted molar refractivity (Wildman–Crippen MR) is 160 cm³/mol. The number of carbonyl (C=O) groups excluding carboxylic acids is 1. The van der Waals surface area contributed by atoms with Crippen molar-refractivity contribution in [2.45, 2.75) is 17.5 Å². The summed E-state index contributed by atoms with van der Waals surface area (Å²) in [5.41, 5.74) is 4.27. The van der Waals surface area contributed by atoms with Crippen molar-refractivity contribution in [2.24, 2.45) is 0 Å². The minimum absolute atomic E-state index is 0.147. The molecule has 1 aliphatic heterocycles. The van der Waals surface area contributed by atoms with Gasteiger partial charge in [0, 0.05) is 23.4 Å². The van der Waals surface area contributed by atoms with Crippen LogP contribution in [0.4, 0.5) is 0 Å². The second-order valence-electron chi connectivity index (χ2n) is 9.40. The van der Waals surface area contributed by atoms with E-state index in [4.69, 9.17) is 18.9 Å². The summed E-state index contributed by atoms with van der Waals surface area (Å²) in [6.45, 7) is 0.610. The maximum absolute atomic E-state index is 12.8. The van der Waals surface area contributed by atoms with E-state index in [2.05, 4.69) is 15.5 Å². The van der Waals surface area contributed by atoms with Crippen molar-refractivity contribution in [1.29, 1.82) is 0 Å². The molecule has 0 radical (unpaired) electrons. The Morgan fingerprint density at radius 3 is 2.52 bits per heavy atom. The molecular formula is C32H28N4O5S. The number of amides is 1. The number of hydrogen-bond acceptors (Lipinski definition) is 8. The number of para-hydroxylation sites is 2. The number of carbonyl (C=O) groups is 1. The summed E-state index contributed by atoms with van der Waals surface area (Å²) < 4.78 is 23.9. The average molecular weight is 581 g/mol. The van der Waals surface area contributed by atoms with Gasteiger partial charge in [-0.2, -0.15) is 0 Å². The molecule has 0 aliphatic carbocycles. The van der Waals surface area contributed by atoms with Crippen molar-refractivity contribution in [3.05, 3.63) is 108 Å². The molecule has 5 aromatic rings. The molecule has 6 rings (SSSR count). The number of hydrogen-bond donors (Lipinski definition) is 1. The minimum Gasteiger partial charge on any atom is -0.497 e. The van der Waals surface area contributed by atoms with Crippen molar-refractivity contribution in [3.8, 4) is 40.1 Å². The topological polar surface area (TPSA) is 96.7 Å². The highest BCUT2D eigenvalue weighted by Crippen LogP contribution is 2.35. The molecule has 10 heteroatoms. The zero-order chi connectivity index (χ0) is 28.9. The summed E-state index contributed by atoms with van der Waals surface area (Å²) in [7, 11) is 3.29. The van der Waals surface area contributed by atoms with Gasteiger partial charge >= 0.3 is 0 Å². The summed E-state index contributed by atoms with van der Waals surface area (Å²) >= 11 is 1.55. The molecule has 0 spiro atoms. The van der Waals surface area contributed by atoms with E-state index in [0.29, 0.717) is 40.3 Å². The van der Waals surface area contributed by atoms with Crippen molar-refractivity contribution >= 4 is 17.7 Å². The number of aromatic nitrogens is 3. The highest BCUT2D eigenvalue weighted by molar-refractivity contribution is 7.98. The Bertz CT molecular complexity index is 1720. The fourth-order valence-corrected chi connectivity index (χ4v) is 5.48. The first kappa shape index (κ1) is 27.2. The van der Waals surface area contributed by atoms with Gasteiger partial charge in [-0.15, -0.1) is 10.2 Å². The van der Waals surface area contributed by atoms with Gasteiger partial charge in [0.1, 0.15) is 11.5 Å². The van der Waals surface area contributed by atoms with Crippen molar-refractivity contribution in [2.75, 3.05) is 21.0 Å². The number of thioether (sulfide) groups is 1. The van der Waals surface area contributed by atoms with E-state index >= 15 is 0 Å². The van der Waals surface area contributed by atoms with Crippen LogP contribution in [-0.2, 0) is 12.3 Å². The molecule has 1 aromatic heterocycles. The van der Waals surface area contributed by atoms with Gasteiger partial charge in [-0.25, -0.2) is 0 Å². The van der Waals surface area contributed by atoms with E-state index in [9.17, 15) is 4.79 Å². The molecule has 212 valence electrons. The number of rotatable bonds is 10. The predicted octanol–water partition coefficient (Wildman–Crippen LogP) is 5.90. The Labute approximate surface area is 247 Å². The Morgan fingerprint density at radius 2 is 1.69 bits per heavy atom. The van der Waals surface area contributed by atoms with Crippen LogP contribution in [0.25, 0.3) is 17.1 Å². The van der Waals surface area contributed by atoms with Gasteiger partial charge in [0.2, 0.25) is 6.79 Å². The lowest BCUT2D eigenvalue weighted by atomic mass is 10.1. The minimum atomic E-state index is -0.147. The second kappa shape index (κ2) is 12.3. The molecule has 2 heterocycles. The van der Waals surface area contributed by atoms with Crippen LogP contribution in [0.2, 0.25) is 0 Å². The number of nitrogens with zero attached hydrogens (tertiary/aromatic N) is 3. The lowest BCUT2D eigenvalue weighted by Crippen LogP contribution is -2.22. The van der Waals surface area contributed by atoms with Crippen LogP contribution < -0.4 is 24.3 Å². The van der Waals surface area contributed by atoms with E-state index in [1.54, 1.807) is 26.0 Å². The summed E-state index contributed by atoms with van der Waals surface area (Å²) in [5.74, 6) is 4.01. The molecule has 4 aromatic carbocycles. The Morgan fingerprint density at radius 1 is 0.881 bits per heavy atom. The molecule has 0 saturated heterocycles. The van der Waals surface area contributed by atoms with Gasteiger partial charge in [0.15, 0.2) is 22.5 Å². The summed E-state index contributed by atoms with van der Waals surface area (Å²) in [6.07, 6.45) is 0. The molecule has 1 N–H and O–H groups in total. The summed E-state index contributed by atoms with van der Waals surface area (Å²) in [6, 6.07) is 28.7. The van der Waals surface area contributed by atoms with E-state index in [0.717, 1.165) is 33.9 Å². The van der Waals surface area contributed by atoms with Gasteiger partial charge in [-0.3, -0.25) is 9.36 Å². The molecule has 0 atom stereocenters. The van der Waals surface area contributed by atoms with Gasteiger partial charge in [0.25, 0.3) is 5.91 Å². The fraction of sp³-hybridized carbons (Fsp3) is 0.156. The first-order valence-electron chi connectivity index (χ1n) is 13.2. The maximum atomic E-state index is 12.8. The van der Waals surface area contributed by atoms with E-state index in [-0.39, 0.29) is 12.7 Å². The number of ether oxygens (including phenoxy) is 4. The lowest BCUT2D eigenvalue weighted by Gasteiger charge is -2.14. The zero-order valence-corrected chi connectivity index (χ0v) is 23.9. The molecule has 0 bridgehead atoms. The van der Waals surface area contributed by atoms with E-state index < -0.39 is 0 Å². The highest BCUT2D eigenvalue weighted by Gasteiger charge is 2.20. The van der Waals surface area contributed by atoms with Crippen LogP contribution >= 0.6 is 11.8 Å². The second-order valence-corrected chi connectivity index (χ2v) is 10.3. The third-order valence-corrected chi connectivity index (χ3v) is 7.76. The maximum Gasteiger partial charge on any atom is 0.251 e. The van der Waals surface area contributed by atoms with Crippen LogP contribution in [0, 0.1) is 0 Å². The van der Waals surface area contributed by atoms with Crippen LogP contribution in [0.3, 0.4) is 0 Å².